The second-order valence-corrected chi connectivity index (χ2v) is 10.2. The number of nitrogens with zero attached hydrogens (tertiary/aromatic N) is 1. The van der Waals surface area contributed by atoms with Crippen LogP contribution in [-0.4, -0.2) is 13.8 Å². The molecule has 1 aliphatic heterocycles. The zero-order valence-electron chi connectivity index (χ0n) is 20.6. The van der Waals surface area contributed by atoms with E-state index >= 15 is 0 Å². The average Bonchev–Trinajstić information content (AvgIpc) is 2.97. The maximum absolute atomic E-state index is 2.41. The molecule has 0 fully saturated rings. The van der Waals surface area contributed by atoms with E-state index in [0.717, 1.165) is 0 Å². The van der Waals surface area contributed by atoms with Crippen LogP contribution < -0.4 is 21.3 Å². The van der Waals surface area contributed by atoms with Crippen molar-refractivity contribution in [3.8, 4) is 11.1 Å². The van der Waals surface area contributed by atoms with E-state index in [0.29, 0.717) is 0 Å². The second kappa shape index (κ2) is 7.72. The summed E-state index contributed by atoms with van der Waals surface area (Å²) in [5.41, 5.74) is 9.23. The van der Waals surface area contributed by atoms with E-state index in [1.165, 1.54) is 71.2 Å². The van der Waals surface area contributed by atoms with E-state index in [1.54, 1.807) is 0 Å². The van der Waals surface area contributed by atoms with Gasteiger partial charge >= 0.3 is 0 Å². The fourth-order valence-corrected chi connectivity index (χ4v) is 6.65. The Morgan fingerprint density at radius 1 is 0.541 bits per heavy atom. The number of benzene rings is 7. The summed E-state index contributed by atoms with van der Waals surface area (Å²) < 4.78 is 0. The summed E-state index contributed by atoms with van der Waals surface area (Å²) in [4.78, 5) is 2.38. The van der Waals surface area contributed by atoms with Crippen LogP contribution in [0.4, 0.5) is 11.4 Å². The van der Waals surface area contributed by atoms with Crippen LogP contribution in [0.25, 0.3) is 43.4 Å². The highest BCUT2D eigenvalue weighted by Gasteiger charge is 2.35. The van der Waals surface area contributed by atoms with Gasteiger partial charge in [0.05, 0.1) is 0 Å². The van der Waals surface area contributed by atoms with Gasteiger partial charge in [-0.05, 0) is 66.5 Å². The molecule has 7 aromatic carbocycles. The van der Waals surface area contributed by atoms with E-state index in [4.69, 9.17) is 0 Å². The van der Waals surface area contributed by atoms with Gasteiger partial charge in [-0.1, -0.05) is 121 Å². The van der Waals surface area contributed by atoms with E-state index in [-0.39, 0.29) is 6.71 Å². The zero-order valence-corrected chi connectivity index (χ0v) is 20.6. The first-order valence-corrected chi connectivity index (χ1v) is 13.0. The maximum atomic E-state index is 2.41. The molecule has 1 nitrogen and oxygen atoms in total. The normalized spacial score (nSPS) is 12.9. The molecule has 0 N–H and O–H groups in total. The van der Waals surface area contributed by atoms with Crippen molar-refractivity contribution in [2.75, 3.05) is 11.9 Å². The summed E-state index contributed by atoms with van der Waals surface area (Å²) >= 11 is 0. The molecule has 37 heavy (non-hydrogen) atoms. The van der Waals surface area contributed by atoms with E-state index in [1.807, 2.05) is 0 Å². The predicted octanol–water partition coefficient (Wildman–Crippen LogP) is 6.85. The fourth-order valence-electron chi connectivity index (χ4n) is 6.65. The van der Waals surface area contributed by atoms with E-state index in [9.17, 15) is 0 Å². The van der Waals surface area contributed by atoms with Gasteiger partial charge in [0.25, 0.3) is 0 Å². The highest BCUT2D eigenvalue weighted by atomic mass is 15.1. The van der Waals surface area contributed by atoms with Gasteiger partial charge in [0.15, 0.2) is 0 Å². The predicted molar refractivity (Wildman–Crippen MR) is 161 cm³/mol. The smallest absolute Gasteiger partial charge is 0.247 e. The summed E-state index contributed by atoms with van der Waals surface area (Å²) in [7, 11) is 2.21. The van der Waals surface area contributed by atoms with Gasteiger partial charge in [0, 0.05) is 18.4 Å². The summed E-state index contributed by atoms with van der Waals surface area (Å²) in [5, 5.41) is 8.02. The number of hydrogen-bond donors (Lipinski definition) is 0. The molecular formula is C35H24BN. The third-order valence-electron chi connectivity index (χ3n) is 8.28. The van der Waals surface area contributed by atoms with Crippen LogP contribution in [0.2, 0.25) is 0 Å². The van der Waals surface area contributed by atoms with Crippen LogP contribution in [0.3, 0.4) is 0 Å². The van der Waals surface area contributed by atoms with Crippen molar-refractivity contribution >= 4 is 66.8 Å². The Balaban J connectivity index is 1.52. The van der Waals surface area contributed by atoms with Gasteiger partial charge in [0.2, 0.25) is 6.71 Å². The molecule has 0 saturated heterocycles. The minimum Gasteiger partial charge on any atom is -0.345 e. The van der Waals surface area contributed by atoms with Gasteiger partial charge in [-0.3, -0.25) is 0 Å². The van der Waals surface area contributed by atoms with Crippen molar-refractivity contribution < 1.29 is 0 Å². The lowest BCUT2D eigenvalue weighted by Crippen LogP contribution is -2.57. The van der Waals surface area contributed by atoms with Crippen LogP contribution in [0.15, 0.2) is 127 Å². The molecule has 0 spiro atoms. The molecule has 0 saturated carbocycles. The molecule has 1 heterocycles. The van der Waals surface area contributed by atoms with Crippen LogP contribution in [0.1, 0.15) is 0 Å². The number of hydrogen-bond acceptors (Lipinski definition) is 1. The summed E-state index contributed by atoms with van der Waals surface area (Å²) in [6.45, 7) is 0.182. The third-order valence-corrected chi connectivity index (χ3v) is 8.28. The van der Waals surface area contributed by atoms with Gasteiger partial charge < -0.3 is 4.90 Å². The molecule has 1 aliphatic rings. The van der Waals surface area contributed by atoms with Gasteiger partial charge in [-0.15, -0.1) is 0 Å². The Morgan fingerprint density at radius 3 is 2.03 bits per heavy atom. The SMILES string of the molecule is CN1c2ccccc2B(c2ccccc2)c2c1cc1ccc3c(-c4ccccc4)ccc4ccc2c1c43. The molecule has 0 amide bonds. The number of fused-ring (bicyclic) bond motifs is 3. The number of para-hydroxylation sites is 1. The monoisotopic (exact) mass is 469 g/mol. The van der Waals surface area contributed by atoms with Crippen LogP contribution in [-0.2, 0) is 0 Å². The first-order chi connectivity index (χ1) is 18.3. The molecule has 0 bridgehead atoms. The Kier molecular flexibility index (Phi) is 4.30. The molecular weight excluding hydrogens is 445 g/mol. The van der Waals surface area contributed by atoms with E-state index < -0.39 is 0 Å². The largest absolute Gasteiger partial charge is 0.345 e. The van der Waals surface area contributed by atoms with Crippen molar-refractivity contribution in [3.05, 3.63) is 127 Å². The molecule has 7 aromatic rings. The summed E-state index contributed by atoms with van der Waals surface area (Å²) in [6, 6.07) is 47.0. The van der Waals surface area contributed by atoms with Crippen molar-refractivity contribution in [2.45, 2.75) is 0 Å². The zero-order chi connectivity index (χ0) is 24.5. The summed E-state index contributed by atoms with van der Waals surface area (Å²) in [6.07, 6.45) is 0. The lowest BCUT2D eigenvalue weighted by Gasteiger charge is -2.36. The molecule has 172 valence electrons. The standard InChI is InChI=1S/C35H24BN/c1-37-31-15-9-8-14-30(31)36(26-12-6-3-7-13-26)35-29-21-17-24-16-19-27(23-10-4-2-5-11-23)28-20-18-25(22-32(35)37)34(29)33(24)28/h2-22H,1H3. The van der Waals surface area contributed by atoms with Crippen LogP contribution in [0, 0.1) is 0 Å². The summed E-state index contributed by atoms with van der Waals surface area (Å²) in [5.74, 6) is 0. The first kappa shape index (κ1) is 20.6. The van der Waals surface area contributed by atoms with Crippen molar-refractivity contribution in [3.63, 3.8) is 0 Å². The molecule has 0 atom stereocenters. The first-order valence-electron chi connectivity index (χ1n) is 13.0. The molecule has 0 aromatic heterocycles. The maximum Gasteiger partial charge on any atom is 0.247 e. The third kappa shape index (κ3) is 2.87. The Morgan fingerprint density at radius 2 is 1.19 bits per heavy atom. The minimum absolute atomic E-state index is 0.182. The second-order valence-electron chi connectivity index (χ2n) is 10.2. The molecule has 0 unspecified atom stereocenters. The molecule has 0 radical (unpaired) electrons. The average molecular weight is 469 g/mol. The molecule has 8 rings (SSSR count). The number of anilines is 2. The highest BCUT2D eigenvalue weighted by Crippen LogP contribution is 2.41. The quantitative estimate of drug-likeness (QED) is 0.198. The van der Waals surface area contributed by atoms with Crippen LogP contribution >= 0.6 is 0 Å². The van der Waals surface area contributed by atoms with Gasteiger partial charge in [-0.25, -0.2) is 0 Å². The van der Waals surface area contributed by atoms with Gasteiger partial charge in [0.1, 0.15) is 0 Å². The fraction of sp³-hybridized carbons (Fsp3) is 0.0286. The Labute approximate surface area is 217 Å². The van der Waals surface area contributed by atoms with Crippen molar-refractivity contribution in [1.82, 2.24) is 0 Å². The van der Waals surface area contributed by atoms with Crippen molar-refractivity contribution in [1.29, 1.82) is 0 Å². The lowest BCUT2D eigenvalue weighted by molar-refractivity contribution is 1.22. The number of rotatable bonds is 2. The van der Waals surface area contributed by atoms with Crippen molar-refractivity contribution in [2.24, 2.45) is 0 Å². The van der Waals surface area contributed by atoms with Gasteiger partial charge in [-0.2, -0.15) is 0 Å². The minimum atomic E-state index is 0.182. The topological polar surface area (TPSA) is 3.24 Å². The molecule has 2 heteroatoms. The highest BCUT2D eigenvalue weighted by molar-refractivity contribution is 6.99. The van der Waals surface area contributed by atoms with E-state index in [2.05, 4.69) is 139 Å². The van der Waals surface area contributed by atoms with Crippen LogP contribution in [0.5, 0.6) is 0 Å². The Hall–Kier alpha value is -4.56. The molecule has 0 aliphatic carbocycles. The Bertz CT molecular complexity index is 1940. The lowest BCUT2D eigenvalue weighted by atomic mass is 9.34.